The molecule has 4 heteroatoms. The van der Waals surface area contributed by atoms with E-state index in [-0.39, 0.29) is 16.5 Å². The molecule has 0 saturated carbocycles. The topological polar surface area (TPSA) is 26.0 Å². The van der Waals surface area contributed by atoms with E-state index in [2.05, 4.69) is 0 Å². The Morgan fingerprint density at radius 3 is 2.47 bits per heavy atom. The second-order valence-electron chi connectivity index (χ2n) is 3.99. The van der Waals surface area contributed by atoms with Gasteiger partial charge in [0, 0.05) is 11.6 Å². The van der Waals surface area contributed by atoms with E-state index in [1.165, 1.54) is 6.07 Å². The molecule has 0 aliphatic rings. The first kappa shape index (κ1) is 12.4. The van der Waals surface area contributed by atoms with E-state index >= 15 is 0 Å². The Hall–Kier alpha value is -0.670. The van der Waals surface area contributed by atoms with Gasteiger partial charge in [-0.25, -0.2) is 8.78 Å². The Morgan fingerprint density at radius 1 is 1.33 bits per heavy atom. The van der Waals surface area contributed by atoms with E-state index in [1.807, 2.05) is 13.8 Å². The smallest absolute Gasteiger partial charge is 0.149 e. The molecule has 1 rings (SSSR count). The van der Waals surface area contributed by atoms with E-state index < -0.39 is 17.7 Å². The predicted molar refractivity (Wildman–Crippen MR) is 57.8 cm³/mol. The number of nitrogens with two attached hydrogens (primary N) is 1. The van der Waals surface area contributed by atoms with E-state index in [9.17, 15) is 8.78 Å². The first-order valence-corrected chi connectivity index (χ1v) is 5.20. The van der Waals surface area contributed by atoms with Crippen molar-refractivity contribution in [3.8, 4) is 0 Å². The van der Waals surface area contributed by atoms with Crippen molar-refractivity contribution in [2.24, 2.45) is 11.7 Å². The number of halogens is 3. The molecule has 0 spiro atoms. The monoisotopic (exact) mass is 233 g/mol. The Labute approximate surface area is 93.2 Å². The molecule has 1 aromatic carbocycles. The lowest BCUT2D eigenvalue weighted by molar-refractivity contribution is 0.463. The summed E-state index contributed by atoms with van der Waals surface area (Å²) in [4.78, 5) is 0. The van der Waals surface area contributed by atoms with E-state index in [4.69, 9.17) is 17.3 Å². The number of benzene rings is 1. The summed E-state index contributed by atoms with van der Waals surface area (Å²) < 4.78 is 26.9. The van der Waals surface area contributed by atoms with Crippen LogP contribution in [0.2, 0.25) is 5.02 Å². The molecule has 0 fully saturated rings. The maximum atomic E-state index is 13.5. The normalized spacial score (nSPS) is 13.3. The quantitative estimate of drug-likeness (QED) is 0.793. The predicted octanol–water partition coefficient (Wildman–Crippen LogP) is 3.66. The maximum absolute atomic E-state index is 13.5. The molecule has 1 nitrogen and oxygen atoms in total. The maximum Gasteiger partial charge on any atom is 0.149 e. The number of hydrogen-bond donors (Lipinski definition) is 1. The Balaban J connectivity index is 3.07. The van der Waals surface area contributed by atoms with Crippen LogP contribution >= 0.6 is 11.6 Å². The van der Waals surface area contributed by atoms with Crippen LogP contribution in [0.1, 0.15) is 31.9 Å². The summed E-state index contributed by atoms with van der Waals surface area (Å²) in [5, 5.41) is -0.0920. The highest BCUT2D eigenvalue weighted by molar-refractivity contribution is 6.30. The molecule has 0 heterocycles. The van der Waals surface area contributed by atoms with Crippen LogP contribution in [0.15, 0.2) is 12.1 Å². The van der Waals surface area contributed by atoms with Gasteiger partial charge in [0.1, 0.15) is 11.6 Å². The minimum atomic E-state index is -0.746. The molecule has 0 aromatic heterocycles. The number of rotatable bonds is 3. The molecule has 0 aliphatic carbocycles. The third-order valence-corrected chi connectivity index (χ3v) is 2.47. The molecule has 0 aliphatic heterocycles. The van der Waals surface area contributed by atoms with Crippen molar-refractivity contribution in [2.45, 2.75) is 26.3 Å². The summed E-state index contributed by atoms with van der Waals surface area (Å²) in [5.74, 6) is -1.10. The molecule has 1 atom stereocenters. The lowest BCUT2D eigenvalue weighted by Crippen LogP contribution is -2.16. The van der Waals surface area contributed by atoms with Crippen molar-refractivity contribution in [1.29, 1.82) is 0 Å². The minimum absolute atomic E-state index is 0.0920. The van der Waals surface area contributed by atoms with Crippen LogP contribution in [0.4, 0.5) is 8.78 Å². The van der Waals surface area contributed by atoms with Gasteiger partial charge >= 0.3 is 0 Å². The highest BCUT2D eigenvalue weighted by Gasteiger charge is 2.19. The fourth-order valence-electron chi connectivity index (χ4n) is 1.51. The van der Waals surface area contributed by atoms with Crippen molar-refractivity contribution in [3.63, 3.8) is 0 Å². The Morgan fingerprint density at radius 2 is 1.93 bits per heavy atom. The van der Waals surface area contributed by atoms with Gasteiger partial charge in [-0.1, -0.05) is 25.4 Å². The summed E-state index contributed by atoms with van der Waals surface area (Å²) in [6.07, 6.45) is 0.522. The van der Waals surface area contributed by atoms with Crippen LogP contribution in [0, 0.1) is 17.6 Å². The van der Waals surface area contributed by atoms with Gasteiger partial charge < -0.3 is 5.73 Å². The highest BCUT2D eigenvalue weighted by Crippen LogP contribution is 2.28. The van der Waals surface area contributed by atoms with E-state index in [0.29, 0.717) is 6.42 Å². The second-order valence-corrected chi connectivity index (χ2v) is 4.40. The molecule has 0 amide bonds. The molecule has 84 valence electrons. The summed E-state index contributed by atoms with van der Waals surface area (Å²) in [6.45, 7) is 3.89. The molecule has 0 bridgehead atoms. The van der Waals surface area contributed by atoms with Crippen LogP contribution in [-0.4, -0.2) is 0 Å². The van der Waals surface area contributed by atoms with Gasteiger partial charge in [-0.15, -0.1) is 0 Å². The molecule has 0 radical (unpaired) electrons. The standard InChI is InChI=1S/C11H14ClF2N/c1-6(2)5-9(15)10-8(13)4-3-7(12)11(10)14/h3-4,6,9H,5,15H2,1-2H3/t9-/m1/s1. The first-order chi connectivity index (χ1) is 6.93. The molecule has 0 saturated heterocycles. The average Bonchev–Trinajstić information content (AvgIpc) is 2.11. The zero-order chi connectivity index (χ0) is 11.6. The molecule has 0 unspecified atom stereocenters. The SMILES string of the molecule is CC(C)C[C@@H](N)c1c(F)ccc(Cl)c1F. The zero-order valence-electron chi connectivity index (χ0n) is 8.73. The van der Waals surface area contributed by atoms with Crippen molar-refractivity contribution < 1.29 is 8.78 Å². The van der Waals surface area contributed by atoms with Gasteiger partial charge in [0.05, 0.1) is 5.02 Å². The highest BCUT2D eigenvalue weighted by atomic mass is 35.5. The van der Waals surface area contributed by atoms with Gasteiger partial charge in [-0.2, -0.15) is 0 Å². The van der Waals surface area contributed by atoms with Gasteiger partial charge in [-0.05, 0) is 24.5 Å². The second kappa shape index (κ2) is 4.90. The number of hydrogen-bond acceptors (Lipinski definition) is 1. The average molecular weight is 234 g/mol. The van der Waals surface area contributed by atoms with Gasteiger partial charge in [0.25, 0.3) is 0 Å². The molecular weight excluding hydrogens is 220 g/mol. The van der Waals surface area contributed by atoms with Crippen LogP contribution < -0.4 is 5.73 Å². The van der Waals surface area contributed by atoms with Crippen molar-refractivity contribution >= 4 is 11.6 Å². The minimum Gasteiger partial charge on any atom is -0.324 e. The summed E-state index contributed by atoms with van der Waals surface area (Å²) in [6, 6.07) is 1.68. The lowest BCUT2D eigenvalue weighted by Gasteiger charge is -2.16. The fourth-order valence-corrected chi connectivity index (χ4v) is 1.67. The fraction of sp³-hybridized carbons (Fsp3) is 0.455. The third-order valence-electron chi connectivity index (χ3n) is 2.18. The van der Waals surface area contributed by atoms with E-state index in [0.717, 1.165) is 6.07 Å². The van der Waals surface area contributed by atoms with Gasteiger partial charge in [0.2, 0.25) is 0 Å². The molecular formula is C11H14ClF2N. The Bertz CT molecular complexity index is 353. The largest absolute Gasteiger partial charge is 0.324 e. The van der Waals surface area contributed by atoms with Crippen molar-refractivity contribution in [3.05, 3.63) is 34.4 Å². The lowest BCUT2D eigenvalue weighted by atomic mass is 9.97. The van der Waals surface area contributed by atoms with Crippen molar-refractivity contribution in [1.82, 2.24) is 0 Å². The Kier molecular flexibility index (Phi) is 4.05. The van der Waals surface area contributed by atoms with Crippen LogP contribution in [0.25, 0.3) is 0 Å². The zero-order valence-corrected chi connectivity index (χ0v) is 9.48. The van der Waals surface area contributed by atoms with Gasteiger partial charge in [-0.3, -0.25) is 0 Å². The summed E-state index contributed by atoms with van der Waals surface area (Å²) in [7, 11) is 0. The van der Waals surface area contributed by atoms with Crippen LogP contribution in [0.3, 0.4) is 0 Å². The van der Waals surface area contributed by atoms with Crippen LogP contribution in [-0.2, 0) is 0 Å². The molecule has 15 heavy (non-hydrogen) atoms. The summed E-state index contributed by atoms with van der Waals surface area (Å²) in [5.41, 5.74) is 5.61. The summed E-state index contributed by atoms with van der Waals surface area (Å²) >= 11 is 5.57. The van der Waals surface area contributed by atoms with Gasteiger partial charge in [0.15, 0.2) is 0 Å². The molecule has 2 N–H and O–H groups in total. The third kappa shape index (κ3) is 2.89. The van der Waals surface area contributed by atoms with Crippen molar-refractivity contribution in [2.75, 3.05) is 0 Å². The first-order valence-electron chi connectivity index (χ1n) is 4.82. The van der Waals surface area contributed by atoms with Crippen LogP contribution in [0.5, 0.6) is 0 Å². The van der Waals surface area contributed by atoms with E-state index in [1.54, 1.807) is 0 Å². The molecule has 1 aromatic rings.